The molecule has 0 aliphatic rings. The minimum Gasteiger partial charge on any atom is -0.383 e. The predicted octanol–water partition coefficient (Wildman–Crippen LogP) is 2.11. The summed E-state index contributed by atoms with van der Waals surface area (Å²) in [6, 6.07) is 4.65. The summed E-state index contributed by atoms with van der Waals surface area (Å²) in [5.41, 5.74) is 0.234. The molecule has 5 heteroatoms. The lowest BCUT2D eigenvalue weighted by molar-refractivity contribution is -0.209. The van der Waals surface area contributed by atoms with E-state index in [4.69, 9.17) is 5.11 Å². The van der Waals surface area contributed by atoms with Crippen molar-refractivity contribution in [1.29, 1.82) is 0 Å². The number of hydrogen-bond acceptors (Lipinski definition) is 2. The van der Waals surface area contributed by atoms with Gasteiger partial charge < -0.3 is 5.11 Å². The van der Waals surface area contributed by atoms with Crippen LogP contribution in [-0.2, 0) is 0 Å². The largest absolute Gasteiger partial charge is 0.414 e. The van der Waals surface area contributed by atoms with Gasteiger partial charge in [0.1, 0.15) is 0 Å². The van der Waals surface area contributed by atoms with Crippen LogP contribution in [0.25, 0.3) is 0 Å². The normalized spacial score (nSPS) is 16.4. The standard InChI is InChI=1S/C9H10F3NO/c1-6(8(14)9(10,11)12)7-4-2-3-5-13-7/h2-6,8,14H,1H3/t6-,8+/m1/s1. The molecule has 0 aliphatic carbocycles. The quantitative estimate of drug-likeness (QED) is 0.802. The third-order valence-corrected chi connectivity index (χ3v) is 1.96. The second-order valence-corrected chi connectivity index (χ2v) is 3.03. The Bertz CT molecular complexity index is 286. The molecule has 0 unspecified atom stereocenters. The second-order valence-electron chi connectivity index (χ2n) is 3.03. The Hall–Kier alpha value is -1.10. The summed E-state index contributed by atoms with van der Waals surface area (Å²) in [4.78, 5) is 3.75. The molecule has 14 heavy (non-hydrogen) atoms. The molecular formula is C9H10F3NO. The van der Waals surface area contributed by atoms with Crippen molar-refractivity contribution in [3.8, 4) is 0 Å². The van der Waals surface area contributed by atoms with E-state index in [1.807, 2.05) is 0 Å². The number of rotatable bonds is 2. The van der Waals surface area contributed by atoms with E-state index in [2.05, 4.69) is 4.98 Å². The minimum absolute atomic E-state index is 0.234. The fourth-order valence-electron chi connectivity index (χ4n) is 1.09. The van der Waals surface area contributed by atoms with E-state index >= 15 is 0 Å². The zero-order valence-corrected chi connectivity index (χ0v) is 7.49. The molecule has 2 atom stereocenters. The van der Waals surface area contributed by atoms with Gasteiger partial charge in [-0.15, -0.1) is 0 Å². The van der Waals surface area contributed by atoms with Crippen LogP contribution in [0.3, 0.4) is 0 Å². The summed E-state index contributed by atoms with van der Waals surface area (Å²) in [5, 5.41) is 8.94. The van der Waals surface area contributed by atoms with Crippen LogP contribution in [0.15, 0.2) is 24.4 Å². The molecule has 2 nitrogen and oxygen atoms in total. The minimum atomic E-state index is -4.60. The molecule has 0 amide bonds. The van der Waals surface area contributed by atoms with Crippen molar-refractivity contribution in [2.75, 3.05) is 0 Å². The van der Waals surface area contributed by atoms with Gasteiger partial charge in [-0.05, 0) is 12.1 Å². The Labute approximate surface area is 79.4 Å². The van der Waals surface area contributed by atoms with E-state index in [9.17, 15) is 13.2 Å². The summed E-state index contributed by atoms with van der Waals surface area (Å²) in [6.45, 7) is 1.29. The average Bonchev–Trinajstić information content (AvgIpc) is 2.15. The van der Waals surface area contributed by atoms with Crippen LogP contribution in [0.1, 0.15) is 18.5 Å². The zero-order valence-electron chi connectivity index (χ0n) is 7.49. The van der Waals surface area contributed by atoms with Crippen LogP contribution >= 0.6 is 0 Å². The van der Waals surface area contributed by atoms with Crippen molar-refractivity contribution in [2.45, 2.75) is 25.1 Å². The predicted molar refractivity (Wildman–Crippen MR) is 44.7 cm³/mol. The van der Waals surface area contributed by atoms with Gasteiger partial charge in [-0.1, -0.05) is 13.0 Å². The lowest BCUT2D eigenvalue weighted by Gasteiger charge is -2.20. The first kappa shape index (κ1) is 11.0. The molecule has 0 radical (unpaired) electrons. The Morgan fingerprint density at radius 3 is 2.43 bits per heavy atom. The zero-order chi connectivity index (χ0) is 10.8. The second kappa shape index (κ2) is 3.96. The van der Waals surface area contributed by atoms with E-state index < -0.39 is 18.2 Å². The highest BCUT2D eigenvalue weighted by Gasteiger charge is 2.42. The van der Waals surface area contributed by atoms with Gasteiger partial charge >= 0.3 is 6.18 Å². The fourth-order valence-corrected chi connectivity index (χ4v) is 1.09. The van der Waals surface area contributed by atoms with Crippen molar-refractivity contribution in [2.24, 2.45) is 0 Å². The van der Waals surface area contributed by atoms with Crippen LogP contribution < -0.4 is 0 Å². The molecule has 0 bridgehead atoms. The summed E-state index contributed by atoms with van der Waals surface area (Å²) in [7, 11) is 0. The smallest absolute Gasteiger partial charge is 0.383 e. The number of alkyl halides is 3. The molecule has 1 heterocycles. The molecule has 1 aromatic heterocycles. The Kier molecular flexibility index (Phi) is 3.10. The van der Waals surface area contributed by atoms with E-state index in [1.165, 1.54) is 19.2 Å². The van der Waals surface area contributed by atoms with Crippen LogP contribution in [0, 0.1) is 0 Å². The highest BCUT2D eigenvalue weighted by molar-refractivity contribution is 5.10. The SMILES string of the molecule is C[C@H](c1ccccn1)[C@H](O)C(F)(F)F. The molecule has 1 rings (SSSR count). The number of halogens is 3. The Balaban J connectivity index is 2.81. The van der Waals surface area contributed by atoms with Gasteiger partial charge in [0.15, 0.2) is 6.10 Å². The number of pyridine rings is 1. The van der Waals surface area contributed by atoms with Crippen LogP contribution in [0.4, 0.5) is 13.2 Å². The number of hydrogen-bond donors (Lipinski definition) is 1. The van der Waals surface area contributed by atoms with Crippen LogP contribution in [0.2, 0.25) is 0 Å². The first-order valence-electron chi connectivity index (χ1n) is 4.08. The molecule has 0 saturated heterocycles. The lowest BCUT2D eigenvalue weighted by atomic mass is 10.00. The molecule has 0 saturated carbocycles. The van der Waals surface area contributed by atoms with Crippen molar-refractivity contribution in [3.63, 3.8) is 0 Å². The molecule has 0 fully saturated rings. The van der Waals surface area contributed by atoms with E-state index in [1.54, 1.807) is 12.1 Å². The van der Waals surface area contributed by atoms with Crippen molar-refractivity contribution in [1.82, 2.24) is 4.98 Å². The molecule has 0 spiro atoms. The molecule has 1 N–H and O–H groups in total. The van der Waals surface area contributed by atoms with Gasteiger partial charge in [-0.3, -0.25) is 4.98 Å². The highest BCUT2D eigenvalue weighted by Crippen LogP contribution is 2.30. The summed E-state index contributed by atoms with van der Waals surface area (Å²) in [6.07, 6.45) is -5.57. The fraction of sp³-hybridized carbons (Fsp3) is 0.444. The van der Waals surface area contributed by atoms with Gasteiger partial charge in [0.05, 0.1) is 0 Å². The maximum absolute atomic E-state index is 12.1. The van der Waals surface area contributed by atoms with E-state index in [-0.39, 0.29) is 5.69 Å². The van der Waals surface area contributed by atoms with Crippen LogP contribution in [0.5, 0.6) is 0 Å². The first-order valence-corrected chi connectivity index (χ1v) is 4.08. The summed E-state index contributed by atoms with van der Waals surface area (Å²) < 4.78 is 36.3. The monoisotopic (exact) mass is 205 g/mol. The molecule has 78 valence electrons. The summed E-state index contributed by atoms with van der Waals surface area (Å²) in [5.74, 6) is -1.05. The molecule has 1 aromatic rings. The highest BCUT2D eigenvalue weighted by atomic mass is 19.4. The molecular weight excluding hydrogens is 195 g/mol. The lowest BCUT2D eigenvalue weighted by Crippen LogP contribution is -2.33. The van der Waals surface area contributed by atoms with E-state index in [0.29, 0.717) is 0 Å². The number of aliphatic hydroxyl groups is 1. The number of nitrogens with zero attached hydrogens (tertiary/aromatic N) is 1. The van der Waals surface area contributed by atoms with Gasteiger partial charge in [0, 0.05) is 17.8 Å². The van der Waals surface area contributed by atoms with Crippen molar-refractivity contribution < 1.29 is 18.3 Å². The van der Waals surface area contributed by atoms with Crippen molar-refractivity contribution in [3.05, 3.63) is 30.1 Å². The number of aliphatic hydroxyl groups excluding tert-OH is 1. The van der Waals surface area contributed by atoms with E-state index in [0.717, 1.165) is 0 Å². The van der Waals surface area contributed by atoms with Gasteiger partial charge in [0.2, 0.25) is 0 Å². The third-order valence-electron chi connectivity index (χ3n) is 1.96. The molecule has 0 aromatic carbocycles. The number of aromatic nitrogens is 1. The Morgan fingerprint density at radius 2 is 2.00 bits per heavy atom. The maximum atomic E-state index is 12.1. The maximum Gasteiger partial charge on any atom is 0.414 e. The first-order chi connectivity index (χ1) is 6.43. The summed E-state index contributed by atoms with van der Waals surface area (Å²) >= 11 is 0. The van der Waals surface area contributed by atoms with Gasteiger partial charge in [-0.2, -0.15) is 13.2 Å². The van der Waals surface area contributed by atoms with Crippen LogP contribution in [-0.4, -0.2) is 22.4 Å². The Morgan fingerprint density at radius 1 is 1.36 bits per heavy atom. The van der Waals surface area contributed by atoms with Gasteiger partial charge in [0.25, 0.3) is 0 Å². The van der Waals surface area contributed by atoms with Gasteiger partial charge in [-0.25, -0.2) is 0 Å². The topological polar surface area (TPSA) is 33.1 Å². The average molecular weight is 205 g/mol. The molecule has 0 aliphatic heterocycles. The third kappa shape index (κ3) is 2.45. The van der Waals surface area contributed by atoms with Crippen molar-refractivity contribution >= 4 is 0 Å².